The van der Waals surface area contributed by atoms with Crippen molar-refractivity contribution < 1.29 is 14.0 Å². The molecular formula is C14H14BrFN4O2. The first-order valence-corrected chi connectivity index (χ1v) is 7.67. The zero-order chi connectivity index (χ0) is 15.9. The number of ketones is 1. The summed E-state index contributed by atoms with van der Waals surface area (Å²) in [6.45, 7) is 3.60. The van der Waals surface area contributed by atoms with Crippen LogP contribution in [0.1, 0.15) is 17.3 Å². The van der Waals surface area contributed by atoms with E-state index >= 15 is 0 Å². The van der Waals surface area contributed by atoms with E-state index in [4.69, 9.17) is 0 Å². The Bertz CT molecular complexity index is 761. The summed E-state index contributed by atoms with van der Waals surface area (Å²) in [5.74, 6) is -1.96. The van der Waals surface area contributed by atoms with Crippen LogP contribution in [-0.4, -0.2) is 52.2 Å². The molecule has 0 bridgehead atoms. The maximum absolute atomic E-state index is 14.0. The number of nitrogens with one attached hydrogen (secondary N) is 2. The molecule has 3 heterocycles. The molecule has 2 aromatic rings. The van der Waals surface area contributed by atoms with Crippen molar-refractivity contribution in [2.24, 2.45) is 0 Å². The number of H-pyrrole nitrogens is 1. The highest BCUT2D eigenvalue weighted by atomic mass is 79.9. The Kier molecular flexibility index (Phi) is 3.96. The maximum Gasteiger partial charge on any atom is 0.295 e. The second-order valence-corrected chi connectivity index (χ2v) is 5.98. The zero-order valence-corrected chi connectivity index (χ0v) is 13.4. The lowest BCUT2D eigenvalue weighted by Crippen LogP contribution is -2.54. The fourth-order valence-corrected chi connectivity index (χ4v) is 3.06. The largest absolute Gasteiger partial charge is 0.358 e. The molecule has 0 spiro atoms. The smallest absolute Gasteiger partial charge is 0.295 e. The second-order valence-electron chi connectivity index (χ2n) is 5.23. The molecule has 1 fully saturated rings. The van der Waals surface area contributed by atoms with E-state index in [1.54, 1.807) is 0 Å². The predicted molar refractivity (Wildman–Crippen MR) is 82.1 cm³/mol. The molecule has 116 valence electrons. The van der Waals surface area contributed by atoms with Crippen LogP contribution in [0, 0.1) is 5.82 Å². The standard InChI is InChI=1S/C14H14BrFN4O2/c1-7-4-17-2-3-20(7)14(22)12(21)8-5-18-11-10(8)9(16)6-19-13(11)15/h5-7,17-18H,2-4H2,1H3. The van der Waals surface area contributed by atoms with Crippen LogP contribution in [0.25, 0.3) is 10.9 Å². The van der Waals surface area contributed by atoms with Crippen LogP contribution in [0.4, 0.5) is 4.39 Å². The highest BCUT2D eigenvalue weighted by Crippen LogP contribution is 2.27. The van der Waals surface area contributed by atoms with Gasteiger partial charge in [0, 0.05) is 31.9 Å². The van der Waals surface area contributed by atoms with Gasteiger partial charge in [-0.1, -0.05) is 0 Å². The van der Waals surface area contributed by atoms with E-state index in [1.165, 1.54) is 11.1 Å². The molecule has 3 rings (SSSR count). The number of amides is 1. The molecular weight excluding hydrogens is 355 g/mol. The van der Waals surface area contributed by atoms with Crippen LogP contribution in [0.2, 0.25) is 0 Å². The van der Waals surface area contributed by atoms with Crippen molar-refractivity contribution in [2.75, 3.05) is 19.6 Å². The monoisotopic (exact) mass is 368 g/mol. The molecule has 1 atom stereocenters. The number of rotatable bonds is 2. The van der Waals surface area contributed by atoms with E-state index in [0.29, 0.717) is 29.8 Å². The van der Waals surface area contributed by atoms with Crippen LogP contribution < -0.4 is 5.32 Å². The third kappa shape index (κ3) is 2.42. The van der Waals surface area contributed by atoms with Crippen molar-refractivity contribution in [1.82, 2.24) is 20.2 Å². The number of fused-ring (bicyclic) bond motifs is 1. The lowest BCUT2D eigenvalue weighted by Gasteiger charge is -2.33. The molecule has 0 aromatic carbocycles. The normalized spacial score (nSPS) is 18.7. The maximum atomic E-state index is 14.0. The quantitative estimate of drug-likeness (QED) is 0.478. The van der Waals surface area contributed by atoms with Crippen LogP contribution in [0.15, 0.2) is 17.0 Å². The number of carbonyl (C=O) groups is 2. The molecule has 2 N–H and O–H groups in total. The molecule has 0 saturated carbocycles. The van der Waals surface area contributed by atoms with Crippen molar-refractivity contribution in [1.29, 1.82) is 0 Å². The summed E-state index contributed by atoms with van der Waals surface area (Å²) < 4.78 is 14.4. The molecule has 0 radical (unpaired) electrons. The summed E-state index contributed by atoms with van der Waals surface area (Å²) in [4.78, 5) is 33.1. The molecule has 0 aliphatic carbocycles. The Labute approximate surface area is 134 Å². The van der Waals surface area contributed by atoms with Crippen LogP contribution in [0.5, 0.6) is 0 Å². The topological polar surface area (TPSA) is 78.1 Å². The summed E-state index contributed by atoms with van der Waals surface area (Å²) in [6.07, 6.45) is 2.38. The van der Waals surface area contributed by atoms with Crippen LogP contribution in [-0.2, 0) is 4.79 Å². The van der Waals surface area contributed by atoms with Gasteiger partial charge >= 0.3 is 0 Å². The molecule has 8 heteroatoms. The number of halogens is 2. The van der Waals surface area contributed by atoms with Gasteiger partial charge in [0.1, 0.15) is 4.60 Å². The molecule has 1 amide bonds. The van der Waals surface area contributed by atoms with Gasteiger partial charge in [0.05, 0.1) is 22.7 Å². The molecule has 22 heavy (non-hydrogen) atoms. The fourth-order valence-electron chi connectivity index (χ4n) is 2.64. The number of hydrogen-bond acceptors (Lipinski definition) is 4. The van der Waals surface area contributed by atoms with Gasteiger partial charge in [-0.05, 0) is 22.9 Å². The Morgan fingerprint density at radius 3 is 3.00 bits per heavy atom. The average molecular weight is 369 g/mol. The van der Waals surface area contributed by atoms with Gasteiger partial charge in [-0.2, -0.15) is 0 Å². The molecule has 6 nitrogen and oxygen atoms in total. The summed E-state index contributed by atoms with van der Waals surface area (Å²) in [6, 6.07) is -0.0753. The highest BCUT2D eigenvalue weighted by molar-refractivity contribution is 9.10. The second kappa shape index (κ2) is 5.77. The Morgan fingerprint density at radius 1 is 1.50 bits per heavy atom. The van der Waals surface area contributed by atoms with E-state index in [1.807, 2.05) is 6.92 Å². The number of nitrogens with zero attached hydrogens (tertiary/aromatic N) is 2. The van der Waals surface area contributed by atoms with Gasteiger partial charge in [-0.25, -0.2) is 9.37 Å². The van der Waals surface area contributed by atoms with E-state index in [9.17, 15) is 14.0 Å². The fraction of sp³-hybridized carbons (Fsp3) is 0.357. The van der Waals surface area contributed by atoms with Gasteiger partial charge in [0.25, 0.3) is 11.7 Å². The van der Waals surface area contributed by atoms with Gasteiger partial charge in [0.15, 0.2) is 5.82 Å². The van der Waals surface area contributed by atoms with Crippen LogP contribution in [0.3, 0.4) is 0 Å². The summed E-state index contributed by atoms with van der Waals surface area (Å²) in [7, 11) is 0. The van der Waals surface area contributed by atoms with Gasteiger partial charge in [-0.15, -0.1) is 0 Å². The molecule has 1 aliphatic rings. The number of hydrogen-bond donors (Lipinski definition) is 2. The minimum absolute atomic E-state index is 0.0336. The number of aromatic amines is 1. The number of pyridine rings is 1. The first-order chi connectivity index (χ1) is 10.5. The zero-order valence-electron chi connectivity index (χ0n) is 11.8. The lowest BCUT2D eigenvalue weighted by molar-refractivity contribution is -0.129. The lowest BCUT2D eigenvalue weighted by atomic mass is 10.1. The van der Waals surface area contributed by atoms with E-state index in [2.05, 4.69) is 31.2 Å². The molecule has 1 unspecified atom stereocenters. The minimum Gasteiger partial charge on any atom is -0.358 e. The molecule has 2 aromatic heterocycles. The van der Waals surface area contributed by atoms with E-state index in [-0.39, 0.29) is 17.0 Å². The third-order valence-corrected chi connectivity index (χ3v) is 4.42. The van der Waals surface area contributed by atoms with Gasteiger partial charge in [-0.3, -0.25) is 9.59 Å². The molecule has 1 saturated heterocycles. The first-order valence-electron chi connectivity index (χ1n) is 6.87. The average Bonchev–Trinajstić information content (AvgIpc) is 2.96. The number of piperazine rings is 1. The Morgan fingerprint density at radius 2 is 2.27 bits per heavy atom. The highest BCUT2D eigenvalue weighted by Gasteiger charge is 2.31. The van der Waals surface area contributed by atoms with Gasteiger partial charge < -0.3 is 15.2 Å². The first kappa shape index (κ1) is 15.1. The summed E-state index contributed by atoms with van der Waals surface area (Å²) in [5, 5.41) is 3.24. The van der Waals surface area contributed by atoms with Crippen molar-refractivity contribution in [2.45, 2.75) is 13.0 Å². The SMILES string of the molecule is CC1CNCCN1C(=O)C(=O)c1c[nH]c2c(Br)ncc(F)c12. The minimum atomic E-state index is -0.711. The van der Waals surface area contributed by atoms with Crippen molar-refractivity contribution in [3.63, 3.8) is 0 Å². The summed E-state index contributed by atoms with van der Waals surface area (Å²) in [5.41, 5.74) is 0.399. The van der Waals surface area contributed by atoms with Crippen molar-refractivity contribution in [3.8, 4) is 0 Å². The number of Topliss-reactive ketones (excluding diaryl/α,β-unsaturated/α-hetero) is 1. The van der Waals surface area contributed by atoms with Crippen molar-refractivity contribution in [3.05, 3.63) is 28.4 Å². The van der Waals surface area contributed by atoms with E-state index in [0.717, 1.165) is 6.20 Å². The molecule has 1 aliphatic heterocycles. The van der Waals surface area contributed by atoms with Gasteiger partial charge in [0.2, 0.25) is 0 Å². The van der Waals surface area contributed by atoms with E-state index < -0.39 is 17.5 Å². The van der Waals surface area contributed by atoms with Crippen LogP contribution >= 0.6 is 15.9 Å². The summed E-state index contributed by atoms with van der Waals surface area (Å²) >= 11 is 3.19. The third-order valence-electron chi connectivity index (χ3n) is 3.82. The Hall–Kier alpha value is -1.80. The number of carbonyl (C=O) groups excluding carboxylic acids is 2. The predicted octanol–water partition coefficient (Wildman–Crippen LogP) is 1.47. The number of aromatic nitrogens is 2. The van der Waals surface area contributed by atoms with Crippen molar-refractivity contribution >= 4 is 38.5 Å². The Balaban J connectivity index is 1.99.